The number of benzene rings is 5. The van der Waals surface area contributed by atoms with E-state index in [4.69, 9.17) is 18.9 Å². The Morgan fingerprint density at radius 2 is 1.67 bits per heavy atom. The van der Waals surface area contributed by atoms with Crippen LogP contribution in [0.25, 0.3) is 44.2 Å². The van der Waals surface area contributed by atoms with Gasteiger partial charge < -0.3 is 13.9 Å². The molecule has 0 amide bonds. The Kier molecular flexibility index (Phi) is 6.96. The molecule has 0 saturated heterocycles. The van der Waals surface area contributed by atoms with Crippen molar-refractivity contribution in [1.29, 1.82) is 0 Å². The molecule has 7 nitrogen and oxygen atoms in total. The number of furan rings is 1. The molecular weight excluding hydrogens is 606 g/mol. The molecule has 0 N–H and O–H groups in total. The van der Waals surface area contributed by atoms with Gasteiger partial charge in [0.2, 0.25) is 5.82 Å². The molecule has 0 aliphatic carbocycles. The molecule has 0 fully saturated rings. The highest BCUT2D eigenvalue weighted by atomic mass is 79.9. The maximum atomic E-state index is 13.6. The molecule has 0 aliphatic heterocycles. The fourth-order valence-corrected chi connectivity index (χ4v) is 5.48. The van der Waals surface area contributed by atoms with Gasteiger partial charge in [0.1, 0.15) is 12.2 Å². The Labute approximate surface area is 254 Å². The van der Waals surface area contributed by atoms with Crippen molar-refractivity contribution in [2.45, 2.75) is 6.61 Å². The largest absolute Gasteiger partial charge is 0.493 e. The van der Waals surface area contributed by atoms with E-state index in [1.165, 1.54) is 4.68 Å². The summed E-state index contributed by atoms with van der Waals surface area (Å²) >= 11 is 3.50. The molecule has 0 atom stereocenters. The molecule has 0 spiro atoms. The molecule has 0 bridgehead atoms. The summed E-state index contributed by atoms with van der Waals surface area (Å²) in [5.41, 5.74) is 2.73. The number of hydrogen-bond donors (Lipinski definition) is 0. The number of methoxy groups -OCH3 is 1. The normalized spacial score (nSPS) is 11.6. The van der Waals surface area contributed by atoms with Crippen molar-refractivity contribution < 1.29 is 13.9 Å². The number of para-hydroxylation sites is 1. The molecule has 2 aromatic heterocycles. The van der Waals surface area contributed by atoms with Crippen LogP contribution in [0, 0.1) is 0 Å². The topological polar surface area (TPSA) is 78.9 Å². The summed E-state index contributed by atoms with van der Waals surface area (Å²) in [6, 6.07) is 34.7. The summed E-state index contributed by atoms with van der Waals surface area (Å²) in [5.74, 6) is 1.89. The minimum atomic E-state index is -0.305. The van der Waals surface area contributed by atoms with Crippen LogP contribution in [-0.2, 0) is 6.61 Å². The molecule has 0 aliphatic rings. The first-order valence-electron chi connectivity index (χ1n) is 13.6. The number of nitrogens with zero attached hydrogens (tertiary/aromatic N) is 3. The predicted octanol–water partition coefficient (Wildman–Crippen LogP) is 8.20. The summed E-state index contributed by atoms with van der Waals surface area (Å²) in [5, 5.41) is 8.22. The Hall–Kier alpha value is -5.21. The first kappa shape index (κ1) is 26.7. The molecule has 2 heterocycles. The zero-order chi connectivity index (χ0) is 29.3. The lowest BCUT2D eigenvalue weighted by Gasteiger charge is -2.13. The maximum Gasteiger partial charge on any atom is 0.282 e. The number of aromatic nitrogens is 2. The van der Waals surface area contributed by atoms with Crippen LogP contribution in [0.15, 0.2) is 128 Å². The van der Waals surface area contributed by atoms with Gasteiger partial charge in [-0.05, 0) is 76.5 Å². The van der Waals surface area contributed by atoms with Crippen LogP contribution < -0.4 is 15.0 Å². The van der Waals surface area contributed by atoms with E-state index < -0.39 is 0 Å². The monoisotopic (exact) mass is 629 g/mol. The van der Waals surface area contributed by atoms with Crippen molar-refractivity contribution in [2.75, 3.05) is 7.11 Å². The summed E-state index contributed by atoms with van der Waals surface area (Å²) in [6.07, 6.45) is 1.59. The van der Waals surface area contributed by atoms with Crippen LogP contribution in [0.4, 0.5) is 0 Å². The summed E-state index contributed by atoms with van der Waals surface area (Å²) < 4.78 is 20.1. The van der Waals surface area contributed by atoms with Gasteiger partial charge in [-0.3, -0.25) is 4.79 Å². The fourth-order valence-electron chi connectivity index (χ4n) is 5.10. The summed E-state index contributed by atoms with van der Waals surface area (Å²) in [7, 11) is 1.59. The smallest absolute Gasteiger partial charge is 0.282 e. The lowest BCUT2D eigenvalue weighted by molar-refractivity contribution is 0.285. The van der Waals surface area contributed by atoms with Gasteiger partial charge in [0, 0.05) is 9.86 Å². The fraction of sp³-hybridized carbons (Fsp3) is 0.0571. The van der Waals surface area contributed by atoms with Crippen molar-refractivity contribution in [2.24, 2.45) is 5.10 Å². The maximum absolute atomic E-state index is 13.6. The SMILES string of the molecule is COc1cc(C=Nn2c(-c3cc4cc(Br)ccc4o3)nc3ccccc3c2=O)ccc1OCc1cccc2ccccc12. The minimum Gasteiger partial charge on any atom is -0.493 e. The standard InChI is InChI=1S/C35H24BrN3O4/c1-41-32-17-22(13-15-31(32)42-21-24-9-6-8-23-7-2-3-10-27(23)24)20-37-39-34(38-29-12-5-4-11-28(29)35(39)40)33-19-25-18-26(36)14-16-30(25)43-33/h2-20H,21H2,1H3. The van der Waals surface area contributed by atoms with E-state index in [2.05, 4.69) is 45.3 Å². The average Bonchev–Trinajstić information content (AvgIpc) is 3.46. The third-order valence-corrected chi connectivity index (χ3v) is 7.72. The molecule has 7 rings (SSSR count). The molecule has 5 aromatic carbocycles. The molecule has 0 radical (unpaired) electrons. The summed E-state index contributed by atoms with van der Waals surface area (Å²) in [6.45, 7) is 0.390. The highest BCUT2D eigenvalue weighted by Gasteiger charge is 2.17. The summed E-state index contributed by atoms with van der Waals surface area (Å²) in [4.78, 5) is 18.4. The van der Waals surface area contributed by atoms with Crippen LogP contribution in [0.3, 0.4) is 0 Å². The Morgan fingerprint density at radius 3 is 2.56 bits per heavy atom. The number of fused-ring (bicyclic) bond motifs is 3. The highest BCUT2D eigenvalue weighted by Crippen LogP contribution is 2.31. The molecular formula is C35H24BrN3O4. The number of rotatable bonds is 7. The zero-order valence-electron chi connectivity index (χ0n) is 23.0. The highest BCUT2D eigenvalue weighted by molar-refractivity contribution is 9.10. The molecule has 210 valence electrons. The zero-order valence-corrected chi connectivity index (χ0v) is 24.6. The second-order valence-electron chi connectivity index (χ2n) is 9.94. The van der Waals surface area contributed by atoms with Crippen LogP contribution in [-0.4, -0.2) is 23.0 Å². The van der Waals surface area contributed by atoms with Crippen LogP contribution in [0.1, 0.15) is 11.1 Å². The van der Waals surface area contributed by atoms with Gasteiger partial charge in [-0.1, -0.05) is 70.5 Å². The second-order valence-corrected chi connectivity index (χ2v) is 10.9. The van der Waals surface area contributed by atoms with E-state index >= 15 is 0 Å². The lowest BCUT2D eigenvalue weighted by atomic mass is 10.1. The van der Waals surface area contributed by atoms with E-state index in [-0.39, 0.29) is 5.56 Å². The van der Waals surface area contributed by atoms with Crippen molar-refractivity contribution in [3.63, 3.8) is 0 Å². The van der Waals surface area contributed by atoms with Gasteiger partial charge in [0.05, 0.1) is 24.2 Å². The van der Waals surface area contributed by atoms with Gasteiger partial charge in [-0.15, -0.1) is 0 Å². The van der Waals surface area contributed by atoms with Gasteiger partial charge in [-0.25, -0.2) is 4.98 Å². The van der Waals surface area contributed by atoms with Gasteiger partial charge in [0.25, 0.3) is 5.56 Å². The van der Waals surface area contributed by atoms with Crippen molar-refractivity contribution in [1.82, 2.24) is 9.66 Å². The molecule has 0 unspecified atom stereocenters. The Balaban J connectivity index is 1.23. The molecule has 8 heteroatoms. The Bertz CT molecular complexity index is 2230. The molecule has 7 aromatic rings. The van der Waals surface area contributed by atoms with Crippen LogP contribution in [0.5, 0.6) is 11.5 Å². The minimum absolute atomic E-state index is 0.300. The van der Waals surface area contributed by atoms with E-state index in [9.17, 15) is 4.79 Å². The third kappa shape index (κ3) is 5.17. The Morgan fingerprint density at radius 1 is 0.860 bits per heavy atom. The lowest BCUT2D eigenvalue weighted by Crippen LogP contribution is -2.20. The number of hydrogen-bond acceptors (Lipinski definition) is 6. The van der Waals surface area contributed by atoms with Crippen LogP contribution in [0.2, 0.25) is 0 Å². The molecule has 43 heavy (non-hydrogen) atoms. The number of halogens is 1. The number of ether oxygens (including phenoxy) is 2. The van der Waals surface area contributed by atoms with Crippen molar-refractivity contribution in [3.8, 4) is 23.1 Å². The van der Waals surface area contributed by atoms with Crippen molar-refractivity contribution >= 4 is 54.8 Å². The van der Waals surface area contributed by atoms with Gasteiger partial charge >= 0.3 is 0 Å². The molecule has 0 saturated carbocycles. The van der Waals surface area contributed by atoms with E-state index in [0.29, 0.717) is 51.7 Å². The van der Waals surface area contributed by atoms with E-state index in [1.54, 1.807) is 31.5 Å². The second kappa shape index (κ2) is 11.2. The van der Waals surface area contributed by atoms with Crippen LogP contribution >= 0.6 is 15.9 Å². The van der Waals surface area contributed by atoms with E-state index in [0.717, 1.165) is 26.2 Å². The predicted molar refractivity (Wildman–Crippen MR) is 173 cm³/mol. The quantitative estimate of drug-likeness (QED) is 0.166. The average molecular weight is 630 g/mol. The van der Waals surface area contributed by atoms with Crippen molar-refractivity contribution in [3.05, 3.63) is 135 Å². The third-order valence-electron chi connectivity index (χ3n) is 7.23. The van der Waals surface area contributed by atoms with Gasteiger partial charge in [0.15, 0.2) is 17.3 Å². The van der Waals surface area contributed by atoms with Gasteiger partial charge in [-0.2, -0.15) is 9.78 Å². The van der Waals surface area contributed by atoms with E-state index in [1.807, 2.05) is 66.7 Å². The first-order valence-corrected chi connectivity index (χ1v) is 14.4. The first-order chi connectivity index (χ1) is 21.1.